The van der Waals surface area contributed by atoms with Crippen molar-refractivity contribution in [2.75, 3.05) is 0 Å². The van der Waals surface area contributed by atoms with Crippen molar-refractivity contribution in [3.05, 3.63) is 133 Å². The van der Waals surface area contributed by atoms with Crippen molar-refractivity contribution in [1.29, 1.82) is 0 Å². The number of hydrogen-bond donors (Lipinski definition) is 0. The summed E-state index contributed by atoms with van der Waals surface area (Å²) in [5.41, 5.74) is -1.60. The Kier molecular flexibility index (Phi) is 10.6. The molecular formula is C49H48O10. The quantitative estimate of drug-likeness (QED) is 0.0574. The van der Waals surface area contributed by atoms with E-state index in [0.29, 0.717) is 47.0 Å². The van der Waals surface area contributed by atoms with Crippen molar-refractivity contribution in [2.45, 2.75) is 83.2 Å². The first-order valence-electron chi connectivity index (χ1n) is 19.7. The summed E-state index contributed by atoms with van der Waals surface area (Å²) in [6.07, 6.45) is 4.44. The highest BCUT2D eigenvalue weighted by Gasteiger charge is 2.63. The van der Waals surface area contributed by atoms with E-state index in [1.807, 2.05) is 90.1 Å². The number of ether oxygens (including phenoxy) is 6. The van der Waals surface area contributed by atoms with Gasteiger partial charge in [-0.2, -0.15) is 0 Å². The van der Waals surface area contributed by atoms with Gasteiger partial charge in [-0.05, 0) is 148 Å². The average Bonchev–Trinajstić information content (AvgIpc) is 4.11. The fourth-order valence-corrected chi connectivity index (χ4v) is 8.07. The van der Waals surface area contributed by atoms with Crippen LogP contribution in [0.25, 0.3) is 21.5 Å². The van der Waals surface area contributed by atoms with Gasteiger partial charge in [0.25, 0.3) is 0 Å². The third-order valence-corrected chi connectivity index (χ3v) is 11.7. The second-order valence-corrected chi connectivity index (χ2v) is 16.6. The fraction of sp³-hybridized carbons (Fsp3) is 0.306. The predicted octanol–water partition coefficient (Wildman–Crippen LogP) is 10.2. The van der Waals surface area contributed by atoms with E-state index in [-0.39, 0.29) is 11.8 Å². The van der Waals surface area contributed by atoms with E-state index in [9.17, 15) is 19.2 Å². The maximum absolute atomic E-state index is 13.1. The van der Waals surface area contributed by atoms with Crippen molar-refractivity contribution in [2.24, 2.45) is 11.8 Å². The van der Waals surface area contributed by atoms with Crippen LogP contribution in [-0.2, 0) is 19.1 Å². The van der Waals surface area contributed by atoms with Crippen LogP contribution in [0.5, 0.6) is 23.0 Å². The molecule has 59 heavy (non-hydrogen) atoms. The van der Waals surface area contributed by atoms with Crippen molar-refractivity contribution in [3.8, 4) is 23.0 Å². The molecule has 2 aliphatic carbocycles. The largest absolute Gasteiger partial charge is 0.487 e. The first-order valence-corrected chi connectivity index (χ1v) is 19.7. The molecule has 0 amide bonds. The van der Waals surface area contributed by atoms with E-state index in [4.69, 9.17) is 28.4 Å². The summed E-state index contributed by atoms with van der Waals surface area (Å²) in [5.74, 6) is 0.00406. The molecule has 5 unspecified atom stereocenters. The Morgan fingerprint density at radius 3 is 1.61 bits per heavy atom. The van der Waals surface area contributed by atoms with Gasteiger partial charge >= 0.3 is 23.9 Å². The minimum Gasteiger partial charge on any atom is -0.487 e. The zero-order valence-corrected chi connectivity index (χ0v) is 34.2. The van der Waals surface area contributed by atoms with Gasteiger partial charge in [0.1, 0.15) is 45.4 Å². The molecule has 2 saturated carbocycles. The van der Waals surface area contributed by atoms with E-state index in [1.165, 1.54) is 12.2 Å². The highest BCUT2D eigenvalue weighted by Crippen LogP contribution is 2.56. The Balaban J connectivity index is 0.928. The van der Waals surface area contributed by atoms with Gasteiger partial charge in [-0.1, -0.05) is 44.3 Å². The summed E-state index contributed by atoms with van der Waals surface area (Å²) in [6, 6.07) is 28.1. The van der Waals surface area contributed by atoms with E-state index in [1.54, 1.807) is 48.5 Å². The number of benzene rings is 5. The maximum Gasteiger partial charge on any atom is 0.343 e. The lowest BCUT2D eigenvalue weighted by Gasteiger charge is -2.30. The number of hydrogen-bond acceptors (Lipinski definition) is 10. The number of carbonyl (C=O) groups is 4. The first kappa shape index (κ1) is 40.8. The lowest BCUT2D eigenvalue weighted by molar-refractivity contribution is -0.156. The molecule has 0 aliphatic heterocycles. The van der Waals surface area contributed by atoms with E-state index >= 15 is 0 Å². The summed E-state index contributed by atoms with van der Waals surface area (Å²) >= 11 is 0. The van der Waals surface area contributed by atoms with Crippen LogP contribution in [0.1, 0.15) is 81.5 Å². The zero-order chi connectivity index (χ0) is 42.3. The molecule has 5 aromatic rings. The number of esters is 4. The van der Waals surface area contributed by atoms with E-state index < -0.39 is 46.3 Å². The van der Waals surface area contributed by atoms with Crippen molar-refractivity contribution >= 4 is 45.4 Å². The van der Waals surface area contributed by atoms with Gasteiger partial charge in [-0.15, -0.1) is 0 Å². The SMILES string of the molecule is C=CC(=O)OC1(C)CC1C(C)(C)Oc1ccc2cc(C(=O)Oc3ccc(OC(=O)c4ccc5cc(OC6(C)CC6C(C)(CC)OC(=O)C=C)ccc5c4)cc3)ccc2c1. The topological polar surface area (TPSA) is 124 Å². The van der Waals surface area contributed by atoms with Crippen molar-refractivity contribution in [3.63, 3.8) is 0 Å². The van der Waals surface area contributed by atoms with Crippen molar-refractivity contribution < 1.29 is 47.6 Å². The molecule has 7 rings (SSSR count). The number of carbonyl (C=O) groups excluding carboxylic acids is 4. The van der Waals surface area contributed by atoms with Gasteiger partial charge in [-0.25, -0.2) is 19.2 Å². The summed E-state index contributed by atoms with van der Waals surface area (Å²) in [7, 11) is 0. The predicted molar refractivity (Wildman–Crippen MR) is 224 cm³/mol. The van der Waals surface area contributed by atoms with Crippen molar-refractivity contribution in [1.82, 2.24) is 0 Å². The van der Waals surface area contributed by atoms with E-state index in [0.717, 1.165) is 28.0 Å². The standard InChI is InChI=1S/C49H48O10/c1-9-42(50)58-47(6,11-3)41-29-49(41,8)57-39-19-17-31-25-35(15-13-33(31)27-39)45(53)55-37-22-20-36(21-23-37)54-44(52)34-14-12-32-26-38(18-16-30(32)24-34)56-46(4,5)40-28-48(40,7)59-43(51)10-2/h9-10,12-27,40-41H,1-2,11,28-29H2,3-8H3. The Labute approximate surface area is 343 Å². The zero-order valence-electron chi connectivity index (χ0n) is 34.2. The van der Waals surface area contributed by atoms with Crippen LogP contribution in [0.3, 0.4) is 0 Å². The van der Waals surface area contributed by atoms with Crippen LogP contribution in [0.4, 0.5) is 0 Å². The summed E-state index contributed by atoms with van der Waals surface area (Å²) < 4.78 is 35.3. The molecule has 5 atom stereocenters. The Hall–Kier alpha value is -6.42. The molecular weight excluding hydrogens is 749 g/mol. The van der Waals surface area contributed by atoms with Crippen LogP contribution in [0, 0.1) is 11.8 Å². The minimum absolute atomic E-state index is 0.0168. The monoisotopic (exact) mass is 796 g/mol. The lowest BCUT2D eigenvalue weighted by Crippen LogP contribution is -2.37. The van der Waals surface area contributed by atoms with Gasteiger partial charge in [0, 0.05) is 24.0 Å². The molecule has 0 aromatic heterocycles. The molecule has 10 nitrogen and oxygen atoms in total. The van der Waals surface area contributed by atoms with Gasteiger partial charge < -0.3 is 28.4 Å². The lowest BCUT2D eigenvalue weighted by atomic mass is 9.94. The van der Waals surface area contributed by atoms with Crippen LogP contribution in [0.2, 0.25) is 0 Å². The summed E-state index contributed by atoms with van der Waals surface area (Å²) in [6.45, 7) is 18.8. The maximum atomic E-state index is 13.1. The third-order valence-electron chi connectivity index (χ3n) is 11.7. The van der Waals surface area contributed by atoms with E-state index in [2.05, 4.69) is 13.2 Å². The Morgan fingerprint density at radius 1 is 0.627 bits per heavy atom. The van der Waals surface area contributed by atoms with Crippen LogP contribution in [-0.4, -0.2) is 46.3 Å². The van der Waals surface area contributed by atoms with Crippen LogP contribution >= 0.6 is 0 Å². The molecule has 304 valence electrons. The molecule has 10 heteroatoms. The number of rotatable bonds is 15. The van der Waals surface area contributed by atoms with Crippen LogP contribution in [0.15, 0.2) is 122 Å². The van der Waals surface area contributed by atoms with Gasteiger partial charge in [0.05, 0.1) is 11.1 Å². The molecule has 0 radical (unpaired) electrons. The summed E-state index contributed by atoms with van der Waals surface area (Å²) in [4.78, 5) is 50.0. The molecule has 0 heterocycles. The minimum atomic E-state index is -0.662. The first-order chi connectivity index (χ1) is 28.0. The fourth-order valence-electron chi connectivity index (χ4n) is 8.07. The highest BCUT2D eigenvalue weighted by atomic mass is 16.6. The highest BCUT2D eigenvalue weighted by molar-refractivity contribution is 5.98. The molecule has 2 aliphatic rings. The molecule has 2 fully saturated rings. The average molecular weight is 797 g/mol. The Morgan fingerprint density at radius 2 is 1.08 bits per heavy atom. The van der Waals surface area contributed by atoms with Gasteiger partial charge in [-0.3, -0.25) is 0 Å². The third kappa shape index (κ3) is 8.72. The van der Waals surface area contributed by atoms with Gasteiger partial charge in [0.15, 0.2) is 0 Å². The smallest absolute Gasteiger partial charge is 0.343 e. The molecule has 0 bridgehead atoms. The van der Waals surface area contributed by atoms with Gasteiger partial charge in [0.2, 0.25) is 0 Å². The molecule has 0 saturated heterocycles. The second kappa shape index (κ2) is 15.4. The second-order valence-electron chi connectivity index (χ2n) is 16.6. The normalized spacial score (nSPS) is 21.7. The summed E-state index contributed by atoms with van der Waals surface area (Å²) in [5, 5.41) is 3.43. The number of fused-ring (bicyclic) bond motifs is 2. The molecule has 0 spiro atoms. The Bertz CT molecular complexity index is 2500. The molecule has 5 aromatic carbocycles. The van der Waals surface area contributed by atoms with Crippen LogP contribution < -0.4 is 18.9 Å². The molecule has 0 N–H and O–H groups in total.